The molecule has 278 valence electrons. The SMILES string of the molecule is CCOc1cc(N=Nc2ccc3cccc(S(=O)(=O)O)c3c2)c2ccccc2c1N=Nc1c(S(=O)(=O)O)cc2cc(S(=O)(=O)[O-])cc(N=C(C)[O-])c2c1[O-].[Na+].[Na+].[Na+]. The van der Waals surface area contributed by atoms with Gasteiger partial charge in [0.1, 0.15) is 31.3 Å². The molecule has 57 heavy (non-hydrogen) atoms. The van der Waals surface area contributed by atoms with Crippen molar-refractivity contribution in [1.82, 2.24) is 0 Å². The van der Waals surface area contributed by atoms with Crippen molar-refractivity contribution < 1.29 is 143 Å². The maximum atomic E-state index is 13.9. The molecule has 23 heteroatoms. The molecule has 6 rings (SSSR count). The van der Waals surface area contributed by atoms with Crippen molar-refractivity contribution in [2.75, 3.05) is 6.61 Å². The van der Waals surface area contributed by atoms with Crippen molar-refractivity contribution in [3.05, 3.63) is 84.9 Å². The van der Waals surface area contributed by atoms with Gasteiger partial charge in [0, 0.05) is 27.6 Å². The van der Waals surface area contributed by atoms with E-state index in [1.807, 2.05) is 0 Å². The van der Waals surface area contributed by atoms with E-state index in [0.29, 0.717) is 34.4 Å². The zero-order valence-electron chi connectivity index (χ0n) is 30.7. The van der Waals surface area contributed by atoms with Crippen LogP contribution in [0.2, 0.25) is 0 Å². The quantitative estimate of drug-likeness (QED) is 0.0467. The molecule has 0 unspecified atom stereocenters. The number of fused-ring (bicyclic) bond motifs is 3. The van der Waals surface area contributed by atoms with Crippen LogP contribution in [0.15, 0.2) is 125 Å². The minimum absolute atomic E-state index is 0. The fraction of sp³-hybridized carbons (Fsp3) is 0.0882. The van der Waals surface area contributed by atoms with Gasteiger partial charge in [-0.15, -0.1) is 15.3 Å². The van der Waals surface area contributed by atoms with Crippen LogP contribution in [0.1, 0.15) is 13.8 Å². The number of hydrogen-bond acceptors (Lipinski definition) is 15. The number of hydrogen-bond donors (Lipinski definition) is 2. The van der Waals surface area contributed by atoms with E-state index in [2.05, 4.69) is 25.4 Å². The van der Waals surface area contributed by atoms with E-state index in [1.165, 1.54) is 24.3 Å². The van der Waals surface area contributed by atoms with Crippen LogP contribution in [0.5, 0.6) is 11.5 Å². The number of benzene rings is 6. The van der Waals surface area contributed by atoms with Gasteiger partial charge in [-0.1, -0.05) is 48.2 Å². The van der Waals surface area contributed by atoms with Crippen molar-refractivity contribution in [2.24, 2.45) is 25.4 Å². The predicted octanol–water partition coefficient (Wildman–Crippen LogP) is -2.73. The maximum Gasteiger partial charge on any atom is 1.00 e. The van der Waals surface area contributed by atoms with E-state index in [0.717, 1.165) is 6.92 Å². The molecule has 0 aliphatic carbocycles. The fourth-order valence-electron chi connectivity index (χ4n) is 5.61. The molecule has 6 aromatic carbocycles. The van der Waals surface area contributed by atoms with Crippen molar-refractivity contribution in [1.29, 1.82) is 0 Å². The summed E-state index contributed by atoms with van der Waals surface area (Å²) < 4.78 is 110. The summed E-state index contributed by atoms with van der Waals surface area (Å²) in [5.74, 6) is -2.06. The summed E-state index contributed by atoms with van der Waals surface area (Å²) in [5, 5.41) is 43.0. The Labute approximate surface area is 392 Å². The van der Waals surface area contributed by atoms with E-state index in [-0.39, 0.29) is 128 Å². The summed E-state index contributed by atoms with van der Waals surface area (Å²) in [7, 11) is -15.0. The summed E-state index contributed by atoms with van der Waals surface area (Å²) in [6.07, 6.45) is 0. The smallest absolute Gasteiger partial charge is 0.870 e. The largest absolute Gasteiger partial charge is 1.00 e. The predicted molar refractivity (Wildman–Crippen MR) is 191 cm³/mol. The number of nitrogens with zero attached hydrogens (tertiary/aromatic N) is 5. The van der Waals surface area contributed by atoms with Crippen LogP contribution in [0, 0.1) is 0 Å². The molecule has 0 aliphatic heterocycles. The molecule has 0 heterocycles. The standard InChI is InChI=1S/C34H27N5O12S3.3Na/c1-3-51-28-17-26(37-36-21-12-11-19-7-6-10-29(25(19)15-21)53(45,46)47)23-8-4-5-9-24(23)32(28)38-39-33-30(54(48,49)50)14-20-13-22(52(42,43)44)16-27(35-18(2)40)31(20)34(33)41;;;/h4-17,41H,3H2,1-2H3,(H,35,40)(H,42,43,44)(H,45,46,47)(H,48,49,50);;;/q;3*+1/p-3. The first-order valence-corrected chi connectivity index (χ1v) is 19.7. The van der Waals surface area contributed by atoms with Crippen LogP contribution < -0.4 is 104 Å². The molecule has 0 atom stereocenters. The zero-order chi connectivity index (χ0) is 39.2. The summed E-state index contributed by atoms with van der Waals surface area (Å²) in [6, 6.07) is 19.1. The molecule has 2 N–H and O–H groups in total. The van der Waals surface area contributed by atoms with E-state index >= 15 is 0 Å². The Bertz CT molecular complexity index is 2980. The Kier molecular flexibility index (Phi) is 16.2. The summed E-state index contributed by atoms with van der Waals surface area (Å²) in [5.41, 5.74) is -1.04. The first kappa shape index (κ1) is 48.5. The van der Waals surface area contributed by atoms with Crippen molar-refractivity contribution in [2.45, 2.75) is 28.5 Å². The first-order chi connectivity index (χ1) is 25.4. The molecule has 0 fully saturated rings. The van der Waals surface area contributed by atoms with Crippen LogP contribution in [0.25, 0.3) is 32.3 Å². The first-order valence-electron chi connectivity index (χ1n) is 15.4. The van der Waals surface area contributed by atoms with Gasteiger partial charge in [-0.2, -0.15) is 21.9 Å². The second kappa shape index (κ2) is 19.0. The van der Waals surface area contributed by atoms with Gasteiger partial charge >= 0.3 is 88.7 Å². The third kappa shape index (κ3) is 10.7. The van der Waals surface area contributed by atoms with Gasteiger partial charge in [0.15, 0.2) is 0 Å². The Morgan fingerprint density at radius 2 is 1.33 bits per heavy atom. The van der Waals surface area contributed by atoms with Crippen LogP contribution in [0.3, 0.4) is 0 Å². The molecule has 0 saturated carbocycles. The van der Waals surface area contributed by atoms with E-state index in [4.69, 9.17) is 4.74 Å². The summed E-state index contributed by atoms with van der Waals surface area (Å²) >= 11 is 0. The molecule has 0 amide bonds. The average Bonchev–Trinajstić information content (AvgIpc) is 3.08. The zero-order valence-corrected chi connectivity index (χ0v) is 39.2. The van der Waals surface area contributed by atoms with Crippen molar-refractivity contribution in [3.8, 4) is 11.5 Å². The minimum atomic E-state index is -5.25. The minimum Gasteiger partial charge on any atom is -0.870 e. The van der Waals surface area contributed by atoms with Gasteiger partial charge in [-0.25, -0.2) is 8.42 Å². The summed E-state index contributed by atoms with van der Waals surface area (Å²) in [4.78, 5) is 1.31. The molecule has 0 spiro atoms. The Morgan fingerprint density at radius 3 is 1.95 bits per heavy atom. The Balaban J connectivity index is 0.00000290. The molecule has 0 aromatic heterocycles. The molecule has 0 radical (unpaired) electrons. The van der Waals surface area contributed by atoms with Gasteiger partial charge in [0.25, 0.3) is 20.2 Å². The van der Waals surface area contributed by atoms with Crippen molar-refractivity contribution >= 4 is 97.0 Å². The molecule has 6 aromatic rings. The van der Waals surface area contributed by atoms with Gasteiger partial charge in [0.2, 0.25) is 0 Å². The third-order valence-electron chi connectivity index (χ3n) is 7.81. The molecule has 17 nitrogen and oxygen atoms in total. The summed E-state index contributed by atoms with van der Waals surface area (Å²) in [6.45, 7) is 2.73. The maximum absolute atomic E-state index is 13.9. The second-order valence-electron chi connectivity index (χ2n) is 11.4. The van der Waals surface area contributed by atoms with Crippen LogP contribution in [0.4, 0.5) is 28.4 Å². The molecular formula is C34H24N5Na3O12S3. The molecule has 0 saturated heterocycles. The van der Waals surface area contributed by atoms with Crippen molar-refractivity contribution in [3.63, 3.8) is 0 Å². The van der Waals surface area contributed by atoms with E-state index < -0.39 is 73.9 Å². The number of rotatable bonds is 10. The molecular weight excluding hydrogens is 836 g/mol. The number of ether oxygens (including phenoxy) is 1. The number of azo groups is 2. The van der Waals surface area contributed by atoms with Gasteiger partial charge < -0.3 is 19.5 Å². The monoisotopic (exact) mass is 859 g/mol. The Morgan fingerprint density at radius 1 is 0.684 bits per heavy atom. The normalized spacial score (nSPS) is 12.5. The molecule has 0 aliphatic rings. The second-order valence-corrected chi connectivity index (χ2v) is 15.6. The number of aliphatic imine (C=N–C) groups is 1. The van der Waals surface area contributed by atoms with E-state index in [1.54, 1.807) is 49.4 Å². The van der Waals surface area contributed by atoms with Gasteiger partial charge in [0.05, 0.1) is 34.3 Å². The van der Waals surface area contributed by atoms with Gasteiger partial charge in [-0.05, 0) is 66.9 Å². The van der Waals surface area contributed by atoms with Crippen LogP contribution >= 0.6 is 0 Å². The Hall–Kier alpha value is -2.90. The van der Waals surface area contributed by atoms with Crippen LogP contribution in [-0.4, -0.2) is 51.4 Å². The van der Waals surface area contributed by atoms with E-state index in [9.17, 15) is 49.1 Å². The van der Waals surface area contributed by atoms with Crippen LogP contribution in [-0.2, 0) is 30.4 Å². The topological polar surface area (TPSA) is 283 Å². The van der Waals surface area contributed by atoms with Gasteiger partial charge in [-0.3, -0.25) is 14.1 Å². The fourth-order valence-corrected chi connectivity index (χ4v) is 7.50. The third-order valence-corrected chi connectivity index (χ3v) is 10.4. The average molecular weight is 860 g/mol. The molecule has 0 bridgehead atoms.